The average molecular weight is 231 g/mol. The van der Waals surface area contributed by atoms with Crippen molar-refractivity contribution < 1.29 is 4.74 Å². The van der Waals surface area contributed by atoms with E-state index in [-0.39, 0.29) is 0 Å². The summed E-state index contributed by atoms with van der Waals surface area (Å²) in [6.07, 6.45) is 6.80. The molecule has 1 aliphatic rings. The van der Waals surface area contributed by atoms with Gasteiger partial charge in [0.15, 0.2) is 0 Å². The molecule has 0 amide bonds. The molecule has 2 rings (SSSR count). The second-order valence-electron chi connectivity index (χ2n) is 4.69. The molecule has 0 spiro atoms. The first kappa shape index (κ1) is 12.2. The minimum absolute atomic E-state index is 0.388. The minimum Gasteiger partial charge on any atom is -0.490 e. The van der Waals surface area contributed by atoms with Crippen molar-refractivity contribution in [3.05, 3.63) is 35.9 Å². The Hall–Kier alpha value is -1.28. The number of hydrogen-bond donors (Lipinski definition) is 0. The molecular weight excluding hydrogens is 210 g/mol. The van der Waals surface area contributed by atoms with E-state index >= 15 is 0 Å². The van der Waals surface area contributed by atoms with Crippen molar-refractivity contribution in [1.82, 2.24) is 4.90 Å². The molecule has 92 valence electrons. The zero-order chi connectivity index (χ0) is 12.1. The van der Waals surface area contributed by atoms with E-state index in [0.29, 0.717) is 6.10 Å². The van der Waals surface area contributed by atoms with Gasteiger partial charge in [0.05, 0.1) is 0 Å². The Morgan fingerprint density at radius 1 is 1.18 bits per heavy atom. The van der Waals surface area contributed by atoms with Gasteiger partial charge < -0.3 is 9.64 Å². The van der Waals surface area contributed by atoms with Crippen LogP contribution in [0.3, 0.4) is 0 Å². The first-order chi connectivity index (χ1) is 8.28. The van der Waals surface area contributed by atoms with Crippen LogP contribution in [0.1, 0.15) is 25.3 Å². The summed E-state index contributed by atoms with van der Waals surface area (Å²) in [5, 5.41) is 0. The van der Waals surface area contributed by atoms with E-state index in [4.69, 9.17) is 4.74 Å². The minimum atomic E-state index is 0.388. The lowest BCUT2D eigenvalue weighted by molar-refractivity contribution is 0.114. The monoisotopic (exact) mass is 231 g/mol. The Labute approximate surface area is 104 Å². The average Bonchev–Trinajstić information content (AvgIpc) is 2.35. The van der Waals surface area contributed by atoms with Crippen LogP contribution in [0.25, 0.3) is 6.08 Å². The zero-order valence-electron chi connectivity index (χ0n) is 10.7. The molecule has 1 saturated heterocycles. The van der Waals surface area contributed by atoms with Crippen molar-refractivity contribution in [2.75, 3.05) is 20.1 Å². The van der Waals surface area contributed by atoms with E-state index in [9.17, 15) is 0 Å². The fourth-order valence-corrected chi connectivity index (χ4v) is 2.15. The zero-order valence-corrected chi connectivity index (χ0v) is 10.7. The smallest absolute Gasteiger partial charge is 0.119 e. The first-order valence-electron chi connectivity index (χ1n) is 6.36. The van der Waals surface area contributed by atoms with Crippen molar-refractivity contribution in [2.24, 2.45) is 0 Å². The van der Waals surface area contributed by atoms with Gasteiger partial charge in [-0.25, -0.2) is 0 Å². The van der Waals surface area contributed by atoms with E-state index in [1.807, 2.05) is 13.0 Å². The van der Waals surface area contributed by atoms with Crippen LogP contribution < -0.4 is 4.74 Å². The highest BCUT2D eigenvalue weighted by Gasteiger charge is 2.17. The fraction of sp³-hybridized carbons (Fsp3) is 0.467. The maximum Gasteiger partial charge on any atom is 0.119 e. The van der Waals surface area contributed by atoms with Crippen LogP contribution in [0.4, 0.5) is 0 Å². The van der Waals surface area contributed by atoms with E-state index in [1.54, 1.807) is 0 Å². The second-order valence-corrected chi connectivity index (χ2v) is 4.69. The number of benzene rings is 1. The van der Waals surface area contributed by atoms with Crippen LogP contribution in [0.5, 0.6) is 5.75 Å². The number of nitrogens with zero attached hydrogens (tertiary/aromatic N) is 1. The summed E-state index contributed by atoms with van der Waals surface area (Å²) in [5.41, 5.74) is 1.23. The molecule has 0 bridgehead atoms. The third-order valence-corrected chi connectivity index (χ3v) is 3.21. The third kappa shape index (κ3) is 3.60. The number of ether oxygens (including phenoxy) is 1. The molecule has 2 heteroatoms. The maximum atomic E-state index is 5.99. The molecule has 1 aliphatic heterocycles. The van der Waals surface area contributed by atoms with Gasteiger partial charge in [0.1, 0.15) is 11.9 Å². The van der Waals surface area contributed by atoms with Gasteiger partial charge >= 0.3 is 0 Å². The Balaban J connectivity index is 1.90. The number of allylic oxidation sites excluding steroid dienone is 1. The van der Waals surface area contributed by atoms with Crippen molar-refractivity contribution in [1.29, 1.82) is 0 Å². The molecule has 0 N–H and O–H groups in total. The molecule has 0 unspecified atom stereocenters. The Bertz CT molecular complexity index is 361. The molecule has 0 aromatic heterocycles. The highest BCUT2D eigenvalue weighted by molar-refractivity contribution is 5.50. The molecule has 0 radical (unpaired) electrons. The predicted octanol–water partition coefficient (Wildman–Crippen LogP) is 3.19. The Morgan fingerprint density at radius 2 is 1.82 bits per heavy atom. The Kier molecular flexibility index (Phi) is 4.21. The molecule has 2 nitrogen and oxygen atoms in total. The van der Waals surface area contributed by atoms with Crippen molar-refractivity contribution >= 4 is 6.08 Å². The molecular formula is C15H21NO. The topological polar surface area (TPSA) is 12.5 Å². The molecule has 17 heavy (non-hydrogen) atoms. The van der Waals surface area contributed by atoms with Crippen LogP contribution in [0.2, 0.25) is 0 Å². The van der Waals surface area contributed by atoms with Crippen molar-refractivity contribution in [2.45, 2.75) is 25.9 Å². The molecule has 1 fully saturated rings. The number of rotatable bonds is 3. The van der Waals surface area contributed by atoms with Gasteiger partial charge in [-0.15, -0.1) is 0 Å². The van der Waals surface area contributed by atoms with Crippen LogP contribution in [-0.2, 0) is 0 Å². The van der Waals surface area contributed by atoms with Crippen molar-refractivity contribution in [3.8, 4) is 5.75 Å². The predicted molar refractivity (Wildman–Crippen MR) is 72.3 cm³/mol. The summed E-state index contributed by atoms with van der Waals surface area (Å²) < 4.78 is 5.99. The summed E-state index contributed by atoms with van der Waals surface area (Å²) in [6, 6.07) is 8.33. The quantitative estimate of drug-likeness (QED) is 0.792. The SMILES string of the molecule is C/C=C/c1ccc(OC2CCN(C)CC2)cc1. The molecule has 0 saturated carbocycles. The standard InChI is InChI=1S/C15H21NO/c1-3-4-13-5-7-14(8-6-13)17-15-9-11-16(2)12-10-15/h3-8,15H,9-12H2,1-2H3/b4-3+. The number of piperidine rings is 1. The first-order valence-corrected chi connectivity index (χ1v) is 6.36. The van der Waals surface area contributed by atoms with Crippen molar-refractivity contribution in [3.63, 3.8) is 0 Å². The van der Waals surface area contributed by atoms with E-state index < -0.39 is 0 Å². The second kappa shape index (κ2) is 5.87. The van der Waals surface area contributed by atoms with Gasteiger partial charge in [-0.3, -0.25) is 0 Å². The lowest BCUT2D eigenvalue weighted by Gasteiger charge is -2.29. The third-order valence-electron chi connectivity index (χ3n) is 3.21. The lowest BCUT2D eigenvalue weighted by Crippen LogP contribution is -2.35. The lowest BCUT2D eigenvalue weighted by atomic mass is 10.1. The highest BCUT2D eigenvalue weighted by atomic mass is 16.5. The largest absolute Gasteiger partial charge is 0.490 e. The van der Waals surface area contributed by atoms with Crippen LogP contribution in [-0.4, -0.2) is 31.1 Å². The van der Waals surface area contributed by atoms with Gasteiger partial charge in [-0.2, -0.15) is 0 Å². The Morgan fingerprint density at radius 3 is 2.41 bits per heavy atom. The maximum absolute atomic E-state index is 5.99. The van der Waals surface area contributed by atoms with E-state index in [1.165, 1.54) is 5.56 Å². The van der Waals surface area contributed by atoms with Crippen LogP contribution in [0.15, 0.2) is 30.3 Å². The summed E-state index contributed by atoms with van der Waals surface area (Å²) in [6.45, 7) is 4.31. The summed E-state index contributed by atoms with van der Waals surface area (Å²) >= 11 is 0. The summed E-state index contributed by atoms with van der Waals surface area (Å²) in [7, 11) is 2.17. The van der Waals surface area contributed by atoms with E-state index in [0.717, 1.165) is 31.7 Å². The van der Waals surface area contributed by atoms with Gasteiger partial charge in [-0.1, -0.05) is 24.3 Å². The van der Waals surface area contributed by atoms with Gasteiger partial charge in [-0.05, 0) is 44.5 Å². The van der Waals surface area contributed by atoms with E-state index in [2.05, 4.69) is 42.3 Å². The summed E-state index contributed by atoms with van der Waals surface area (Å²) in [5.74, 6) is 0.993. The molecule has 1 aromatic rings. The normalized spacial score (nSPS) is 18.7. The fourth-order valence-electron chi connectivity index (χ4n) is 2.15. The van der Waals surface area contributed by atoms with Gasteiger partial charge in [0.2, 0.25) is 0 Å². The number of hydrogen-bond acceptors (Lipinski definition) is 2. The van der Waals surface area contributed by atoms with Crippen LogP contribution in [0, 0.1) is 0 Å². The van der Waals surface area contributed by atoms with Crippen LogP contribution >= 0.6 is 0 Å². The summed E-state index contributed by atoms with van der Waals surface area (Å²) in [4.78, 5) is 2.36. The molecule has 1 heterocycles. The molecule has 0 atom stereocenters. The molecule has 1 aromatic carbocycles. The highest BCUT2D eigenvalue weighted by Crippen LogP contribution is 2.19. The number of likely N-dealkylation sites (tertiary alicyclic amines) is 1. The van der Waals surface area contributed by atoms with Gasteiger partial charge in [0.25, 0.3) is 0 Å². The molecule has 0 aliphatic carbocycles. The van der Waals surface area contributed by atoms with Gasteiger partial charge in [0, 0.05) is 13.1 Å².